The van der Waals surface area contributed by atoms with E-state index in [1.165, 1.54) is 26.4 Å². The molecule has 20 heavy (non-hydrogen) atoms. The maximum atomic E-state index is 11.9. The van der Waals surface area contributed by atoms with Crippen LogP contribution in [0.2, 0.25) is 0 Å². The molecule has 0 atom stereocenters. The van der Waals surface area contributed by atoms with Crippen LogP contribution in [0.4, 0.5) is 0 Å². The van der Waals surface area contributed by atoms with Gasteiger partial charge >= 0.3 is 0 Å². The number of carbonyl (C=O) groups is 1. The molecule has 0 heterocycles. The van der Waals surface area contributed by atoms with Gasteiger partial charge in [-0.15, -0.1) is 0 Å². The molecule has 0 saturated heterocycles. The summed E-state index contributed by atoms with van der Waals surface area (Å²) in [5.74, 6) is -0.378. The molecule has 0 bridgehead atoms. The number of methoxy groups -OCH3 is 2. The highest BCUT2D eigenvalue weighted by molar-refractivity contribution is 9.10. The Kier molecular flexibility index (Phi) is 5.93. The Morgan fingerprint density at radius 3 is 2.55 bits per heavy atom. The third-order valence-corrected chi connectivity index (χ3v) is 3.88. The van der Waals surface area contributed by atoms with E-state index < -0.39 is 15.9 Å². The Morgan fingerprint density at radius 1 is 1.40 bits per heavy atom. The number of benzene rings is 1. The molecule has 1 aromatic carbocycles. The Labute approximate surface area is 125 Å². The van der Waals surface area contributed by atoms with E-state index in [4.69, 9.17) is 14.6 Å². The van der Waals surface area contributed by atoms with E-state index in [0.717, 1.165) is 0 Å². The van der Waals surface area contributed by atoms with Gasteiger partial charge in [0, 0.05) is 19.2 Å². The molecule has 3 N–H and O–H groups in total. The van der Waals surface area contributed by atoms with Crippen LogP contribution in [0.25, 0.3) is 0 Å². The van der Waals surface area contributed by atoms with Crippen LogP contribution >= 0.6 is 15.9 Å². The third kappa shape index (κ3) is 4.17. The van der Waals surface area contributed by atoms with Crippen molar-refractivity contribution in [2.24, 2.45) is 5.14 Å². The molecule has 7 nitrogen and oxygen atoms in total. The molecule has 0 aromatic heterocycles. The van der Waals surface area contributed by atoms with Crippen molar-refractivity contribution in [3.05, 3.63) is 22.2 Å². The fourth-order valence-electron chi connectivity index (χ4n) is 1.48. The molecule has 0 unspecified atom stereocenters. The SMILES string of the molecule is COCCNC(=O)c1cc(Br)c(OC)c(S(N)(=O)=O)c1. The van der Waals surface area contributed by atoms with Crippen molar-refractivity contribution >= 4 is 31.9 Å². The van der Waals surface area contributed by atoms with E-state index in [9.17, 15) is 13.2 Å². The van der Waals surface area contributed by atoms with E-state index in [1.807, 2.05) is 0 Å². The maximum absolute atomic E-state index is 11.9. The minimum atomic E-state index is -4.01. The van der Waals surface area contributed by atoms with Crippen molar-refractivity contribution in [1.29, 1.82) is 0 Å². The molecule has 0 aliphatic heterocycles. The van der Waals surface area contributed by atoms with Gasteiger partial charge in [0.1, 0.15) is 4.90 Å². The van der Waals surface area contributed by atoms with Crippen LogP contribution < -0.4 is 15.2 Å². The topological polar surface area (TPSA) is 108 Å². The summed E-state index contributed by atoms with van der Waals surface area (Å²) in [6, 6.07) is 2.62. The number of rotatable bonds is 6. The van der Waals surface area contributed by atoms with Crippen LogP contribution in [0, 0.1) is 0 Å². The van der Waals surface area contributed by atoms with E-state index >= 15 is 0 Å². The lowest BCUT2D eigenvalue weighted by molar-refractivity contribution is 0.0936. The Balaban J connectivity index is 3.18. The summed E-state index contributed by atoms with van der Waals surface area (Å²) in [6.07, 6.45) is 0. The molecule has 0 aliphatic carbocycles. The summed E-state index contributed by atoms with van der Waals surface area (Å²) >= 11 is 3.15. The van der Waals surface area contributed by atoms with Gasteiger partial charge in [0.2, 0.25) is 10.0 Å². The highest BCUT2D eigenvalue weighted by Gasteiger charge is 2.21. The summed E-state index contributed by atoms with van der Waals surface area (Å²) in [6.45, 7) is 0.662. The van der Waals surface area contributed by atoms with Crippen LogP contribution in [0.5, 0.6) is 5.75 Å². The van der Waals surface area contributed by atoms with Crippen LogP contribution in [0.15, 0.2) is 21.5 Å². The lowest BCUT2D eigenvalue weighted by atomic mass is 10.2. The second kappa shape index (κ2) is 7.02. The van der Waals surface area contributed by atoms with Crippen molar-refractivity contribution in [3.8, 4) is 5.75 Å². The molecule has 1 aromatic rings. The zero-order chi connectivity index (χ0) is 15.3. The molecule has 1 rings (SSSR count). The number of amides is 1. The van der Waals surface area contributed by atoms with Gasteiger partial charge in [0.15, 0.2) is 5.75 Å². The number of hydrogen-bond donors (Lipinski definition) is 2. The third-order valence-electron chi connectivity index (χ3n) is 2.37. The molecule has 0 aliphatic rings. The van der Waals surface area contributed by atoms with Gasteiger partial charge in [0.05, 0.1) is 18.2 Å². The molecule has 0 saturated carbocycles. The number of halogens is 1. The molecule has 9 heteroatoms. The largest absolute Gasteiger partial charge is 0.494 e. The highest BCUT2D eigenvalue weighted by Crippen LogP contribution is 2.33. The summed E-state index contributed by atoms with van der Waals surface area (Å²) in [4.78, 5) is 11.6. The molecule has 112 valence electrons. The zero-order valence-corrected chi connectivity index (χ0v) is 13.4. The van der Waals surface area contributed by atoms with Gasteiger partial charge in [-0.1, -0.05) is 0 Å². The average molecular weight is 367 g/mol. The number of ether oxygens (including phenoxy) is 2. The monoisotopic (exact) mass is 366 g/mol. The van der Waals surface area contributed by atoms with Crippen LogP contribution in [-0.4, -0.2) is 41.7 Å². The summed E-state index contributed by atoms with van der Waals surface area (Å²) in [5, 5.41) is 7.69. The molecular weight excluding hydrogens is 352 g/mol. The van der Waals surface area contributed by atoms with Gasteiger partial charge in [-0.3, -0.25) is 4.79 Å². The lowest BCUT2D eigenvalue weighted by Crippen LogP contribution is -2.27. The Morgan fingerprint density at radius 2 is 2.05 bits per heavy atom. The first-order valence-electron chi connectivity index (χ1n) is 5.48. The zero-order valence-electron chi connectivity index (χ0n) is 11.0. The molecule has 0 radical (unpaired) electrons. The molecule has 1 amide bonds. The van der Waals surface area contributed by atoms with Crippen molar-refractivity contribution in [1.82, 2.24) is 5.32 Å². The van der Waals surface area contributed by atoms with Gasteiger partial charge in [-0.25, -0.2) is 13.6 Å². The van der Waals surface area contributed by atoms with Crippen molar-refractivity contribution in [3.63, 3.8) is 0 Å². The van der Waals surface area contributed by atoms with E-state index in [2.05, 4.69) is 21.2 Å². The number of primary sulfonamides is 1. The summed E-state index contributed by atoms with van der Waals surface area (Å²) in [5.41, 5.74) is 0.151. The van der Waals surface area contributed by atoms with Crippen molar-refractivity contribution in [2.45, 2.75) is 4.90 Å². The summed E-state index contributed by atoms with van der Waals surface area (Å²) < 4.78 is 33.2. The smallest absolute Gasteiger partial charge is 0.251 e. The first-order valence-corrected chi connectivity index (χ1v) is 7.82. The number of nitrogens with one attached hydrogen (secondary N) is 1. The molecular formula is C11H15BrN2O5S. The van der Waals surface area contributed by atoms with Crippen LogP contribution in [0.3, 0.4) is 0 Å². The highest BCUT2D eigenvalue weighted by atomic mass is 79.9. The first kappa shape index (κ1) is 16.9. The molecule has 0 fully saturated rings. The van der Waals surface area contributed by atoms with Gasteiger partial charge < -0.3 is 14.8 Å². The Hall–Kier alpha value is -1.16. The van der Waals surface area contributed by atoms with Gasteiger partial charge in [-0.05, 0) is 28.1 Å². The number of carbonyl (C=O) groups excluding carboxylic acids is 1. The Bertz CT molecular complexity index is 603. The standard InChI is InChI=1S/C11H15BrN2O5S/c1-18-4-3-14-11(15)7-5-8(12)10(19-2)9(6-7)20(13,16)17/h5-6H,3-4H2,1-2H3,(H,14,15)(H2,13,16,17). The first-order chi connectivity index (χ1) is 9.31. The fraction of sp³-hybridized carbons (Fsp3) is 0.364. The van der Waals surface area contributed by atoms with E-state index in [-0.39, 0.29) is 16.2 Å². The van der Waals surface area contributed by atoms with Crippen LogP contribution in [0.1, 0.15) is 10.4 Å². The number of sulfonamides is 1. The normalized spacial score (nSPS) is 11.2. The van der Waals surface area contributed by atoms with Crippen LogP contribution in [-0.2, 0) is 14.8 Å². The van der Waals surface area contributed by atoms with Gasteiger partial charge in [0.25, 0.3) is 5.91 Å². The van der Waals surface area contributed by atoms with E-state index in [0.29, 0.717) is 17.6 Å². The maximum Gasteiger partial charge on any atom is 0.251 e. The predicted molar refractivity (Wildman–Crippen MR) is 76.3 cm³/mol. The molecule has 0 spiro atoms. The predicted octanol–water partition coefficient (Wildman–Crippen LogP) is 0.481. The number of hydrogen-bond acceptors (Lipinski definition) is 5. The second-order valence-electron chi connectivity index (χ2n) is 3.78. The van der Waals surface area contributed by atoms with Crippen molar-refractivity contribution in [2.75, 3.05) is 27.4 Å². The quantitative estimate of drug-likeness (QED) is 0.712. The summed E-state index contributed by atoms with van der Waals surface area (Å²) in [7, 11) is -1.19. The number of nitrogens with two attached hydrogens (primary N) is 1. The second-order valence-corrected chi connectivity index (χ2v) is 6.17. The fourth-order valence-corrected chi connectivity index (χ4v) is 2.97. The van der Waals surface area contributed by atoms with Gasteiger partial charge in [-0.2, -0.15) is 0 Å². The minimum Gasteiger partial charge on any atom is -0.494 e. The lowest BCUT2D eigenvalue weighted by Gasteiger charge is -2.11. The average Bonchev–Trinajstić information content (AvgIpc) is 2.36. The van der Waals surface area contributed by atoms with E-state index in [1.54, 1.807) is 0 Å². The minimum absolute atomic E-state index is 0.0564. The van der Waals surface area contributed by atoms with Crippen molar-refractivity contribution < 1.29 is 22.7 Å².